The van der Waals surface area contributed by atoms with E-state index in [2.05, 4.69) is 9.47 Å². The van der Waals surface area contributed by atoms with Crippen LogP contribution in [0.5, 0.6) is 5.75 Å². The van der Waals surface area contributed by atoms with E-state index >= 15 is 0 Å². The smallest absolute Gasteiger partial charge is 0.308 e. The Balaban J connectivity index is 0.000000344. The molecule has 6 nitrogen and oxygen atoms in total. The summed E-state index contributed by atoms with van der Waals surface area (Å²) >= 11 is 0. The summed E-state index contributed by atoms with van der Waals surface area (Å²) in [5.74, 6) is -0.617. The first-order valence-electron chi connectivity index (χ1n) is 5.42. The van der Waals surface area contributed by atoms with Gasteiger partial charge in [0.15, 0.2) is 0 Å². The van der Waals surface area contributed by atoms with Crippen LogP contribution < -0.4 is 4.74 Å². The van der Waals surface area contributed by atoms with Crippen molar-refractivity contribution in [1.82, 2.24) is 0 Å². The lowest BCUT2D eigenvalue weighted by Crippen LogP contribution is -2.07. The molecule has 104 valence electrons. The molecule has 0 aliphatic heterocycles. The minimum atomic E-state index is -0.462. The van der Waals surface area contributed by atoms with E-state index in [9.17, 15) is 14.4 Å². The van der Waals surface area contributed by atoms with Gasteiger partial charge in [-0.15, -0.1) is 0 Å². The Hall–Kier alpha value is -2.37. The molecule has 0 aliphatic rings. The minimum absolute atomic E-state index is 0.286. The Kier molecular flexibility index (Phi) is 8.44. The zero-order chi connectivity index (χ0) is 14.7. The lowest BCUT2D eigenvalue weighted by atomic mass is 10.3. The third-order valence-electron chi connectivity index (χ3n) is 1.53. The summed E-state index contributed by atoms with van der Waals surface area (Å²) in [7, 11) is 0. The van der Waals surface area contributed by atoms with Crippen molar-refractivity contribution in [3.8, 4) is 5.75 Å². The molecular formula is C13H16O6. The molecule has 0 saturated heterocycles. The highest BCUT2D eigenvalue weighted by Crippen LogP contribution is 2.07. The number of ether oxygens (including phenoxy) is 3. The first-order valence-corrected chi connectivity index (χ1v) is 5.42. The van der Waals surface area contributed by atoms with E-state index in [4.69, 9.17) is 4.74 Å². The summed E-state index contributed by atoms with van der Waals surface area (Å²) in [6, 6.07) is 8.98. The van der Waals surface area contributed by atoms with Crippen molar-refractivity contribution in [3.63, 3.8) is 0 Å². The Labute approximate surface area is 111 Å². The van der Waals surface area contributed by atoms with Crippen molar-refractivity contribution in [3.05, 3.63) is 30.3 Å². The van der Waals surface area contributed by atoms with Crippen LogP contribution in [0.15, 0.2) is 30.3 Å². The molecule has 0 heterocycles. The van der Waals surface area contributed by atoms with Crippen LogP contribution in [0.4, 0.5) is 0 Å². The van der Waals surface area contributed by atoms with Gasteiger partial charge in [0, 0.05) is 20.8 Å². The summed E-state index contributed by atoms with van der Waals surface area (Å²) in [6.45, 7) is 3.57. The van der Waals surface area contributed by atoms with Gasteiger partial charge in [0.1, 0.15) is 5.75 Å². The lowest BCUT2D eigenvalue weighted by Gasteiger charge is -1.99. The van der Waals surface area contributed by atoms with E-state index in [-0.39, 0.29) is 12.8 Å². The van der Waals surface area contributed by atoms with Crippen LogP contribution in [0.1, 0.15) is 20.8 Å². The van der Waals surface area contributed by atoms with E-state index in [0.717, 1.165) is 0 Å². The average molecular weight is 268 g/mol. The van der Waals surface area contributed by atoms with Gasteiger partial charge in [-0.1, -0.05) is 18.2 Å². The number of esters is 3. The van der Waals surface area contributed by atoms with E-state index in [0.29, 0.717) is 5.75 Å². The molecule has 0 fully saturated rings. The second-order valence-corrected chi connectivity index (χ2v) is 3.30. The molecule has 1 aromatic carbocycles. The van der Waals surface area contributed by atoms with Crippen LogP contribution >= 0.6 is 0 Å². The zero-order valence-electron chi connectivity index (χ0n) is 11.0. The van der Waals surface area contributed by atoms with Gasteiger partial charge >= 0.3 is 17.9 Å². The normalized spacial score (nSPS) is 8.58. The van der Waals surface area contributed by atoms with Crippen molar-refractivity contribution in [2.45, 2.75) is 20.8 Å². The molecule has 0 radical (unpaired) electrons. The SMILES string of the molecule is CC(=O)OCOC(C)=O.CC(=O)Oc1ccccc1. The first-order chi connectivity index (χ1) is 8.91. The Bertz CT molecular complexity index is 398. The number of carbonyl (C=O) groups excluding carboxylic acids is 3. The Morgan fingerprint density at radius 3 is 1.68 bits per heavy atom. The van der Waals surface area contributed by atoms with Crippen LogP contribution in [0.2, 0.25) is 0 Å². The maximum atomic E-state index is 10.4. The lowest BCUT2D eigenvalue weighted by molar-refractivity contribution is -0.164. The molecule has 1 aromatic rings. The molecule has 0 spiro atoms. The van der Waals surface area contributed by atoms with Crippen LogP contribution in [-0.2, 0) is 23.9 Å². The van der Waals surface area contributed by atoms with Gasteiger partial charge in [-0.25, -0.2) is 0 Å². The topological polar surface area (TPSA) is 78.9 Å². The maximum absolute atomic E-state index is 10.4. The predicted octanol–water partition coefficient (Wildman–Crippen LogP) is 1.68. The molecule has 0 unspecified atom stereocenters. The fourth-order valence-electron chi connectivity index (χ4n) is 0.850. The number of hydrogen-bond donors (Lipinski definition) is 0. The fraction of sp³-hybridized carbons (Fsp3) is 0.308. The predicted molar refractivity (Wildman–Crippen MR) is 66.2 cm³/mol. The molecule has 0 saturated carbocycles. The van der Waals surface area contributed by atoms with Crippen LogP contribution in [0.3, 0.4) is 0 Å². The quantitative estimate of drug-likeness (QED) is 0.471. The van der Waals surface area contributed by atoms with E-state index < -0.39 is 11.9 Å². The van der Waals surface area contributed by atoms with Gasteiger partial charge in [0.25, 0.3) is 0 Å². The van der Waals surface area contributed by atoms with E-state index in [1.165, 1.54) is 20.8 Å². The minimum Gasteiger partial charge on any atom is -0.428 e. The molecule has 0 atom stereocenters. The Morgan fingerprint density at radius 1 is 0.842 bits per heavy atom. The van der Waals surface area contributed by atoms with Gasteiger partial charge in [-0.05, 0) is 12.1 Å². The van der Waals surface area contributed by atoms with Crippen molar-refractivity contribution < 1.29 is 28.6 Å². The van der Waals surface area contributed by atoms with Crippen LogP contribution in [-0.4, -0.2) is 24.7 Å². The Morgan fingerprint density at radius 2 is 1.32 bits per heavy atom. The molecule has 0 aliphatic carbocycles. The van der Waals surface area contributed by atoms with Crippen molar-refractivity contribution >= 4 is 17.9 Å². The third-order valence-corrected chi connectivity index (χ3v) is 1.53. The first kappa shape index (κ1) is 16.6. The summed E-state index contributed by atoms with van der Waals surface area (Å²) in [6.07, 6.45) is 0. The highest BCUT2D eigenvalue weighted by Gasteiger charge is 1.93. The number of carbonyl (C=O) groups is 3. The number of rotatable bonds is 3. The fourth-order valence-corrected chi connectivity index (χ4v) is 0.850. The summed E-state index contributed by atoms with van der Waals surface area (Å²) < 4.78 is 13.3. The van der Waals surface area contributed by atoms with Crippen LogP contribution in [0, 0.1) is 0 Å². The van der Waals surface area contributed by atoms with Crippen molar-refractivity contribution in [2.24, 2.45) is 0 Å². The largest absolute Gasteiger partial charge is 0.428 e. The molecule has 19 heavy (non-hydrogen) atoms. The van der Waals surface area contributed by atoms with Crippen LogP contribution in [0.25, 0.3) is 0 Å². The summed E-state index contributed by atoms with van der Waals surface area (Å²) in [5.41, 5.74) is 0. The molecule has 0 aromatic heterocycles. The summed E-state index contributed by atoms with van der Waals surface area (Å²) in [5, 5.41) is 0. The number of para-hydroxylation sites is 1. The number of benzene rings is 1. The molecule has 0 N–H and O–H groups in total. The molecular weight excluding hydrogens is 252 g/mol. The number of hydrogen-bond acceptors (Lipinski definition) is 6. The van der Waals surface area contributed by atoms with Gasteiger partial charge < -0.3 is 14.2 Å². The van der Waals surface area contributed by atoms with E-state index in [1.54, 1.807) is 12.1 Å². The van der Waals surface area contributed by atoms with Gasteiger partial charge in [0.2, 0.25) is 6.79 Å². The van der Waals surface area contributed by atoms with Crippen molar-refractivity contribution in [1.29, 1.82) is 0 Å². The second-order valence-electron chi connectivity index (χ2n) is 3.30. The molecule has 6 heteroatoms. The summed E-state index contributed by atoms with van der Waals surface area (Å²) in [4.78, 5) is 30.4. The highest BCUT2D eigenvalue weighted by atomic mass is 16.7. The van der Waals surface area contributed by atoms with Gasteiger partial charge in [-0.2, -0.15) is 0 Å². The third kappa shape index (κ3) is 11.9. The second kappa shape index (κ2) is 9.64. The van der Waals surface area contributed by atoms with Gasteiger partial charge in [-0.3, -0.25) is 14.4 Å². The average Bonchev–Trinajstić information content (AvgIpc) is 2.29. The maximum Gasteiger partial charge on any atom is 0.308 e. The monoisotopic (exact) mass is 268 g/mol. The zero-order valence-corrected chi connectivity index (χ0v) is 11.0. The molecule has 1 rings (SSSR count). The van der Waals surface area contributed by atoms with E-state index in [1.807, 2.05) is 18.2 Å². The molecule has 0 bridgehead atoms. The van der Waals surface area contributed by atoms with Gasteiger partial charge in [0.05, 0.1) is 0 Å². The highest BCUT2D eigenvalue weighted by molar-refractivity contribution is 5.69. The molecule has 0 amide bonds. The van der Waals surface area contributed by atoms with Crippen molar-refractivity contribution in [2.75, 3.05) is 6.79 Å². The standard InChI is InChI=1S/C8H8O2.C5H8O4/c1-7(9)10-8-5-3-2-4-6-8;1-4(6)8-3-9-5(2)7/h2-6H,1H3;3H2,1-2H3.